The Morgan fingerprint density at radius 1 is 1.15 bits per heavy atom. The van der Waals surface area contributed by atoms with Gasteiger partial charge in [0.25, 0.3) is 0 Å². The van der Waals surface area contributed by atoms with E-state index in [4.69, 9.17) is 4.74 Å². The summed E-state index contributed by atoms with van der Waals surface area (Å²) in [7, 11) is 0. The lowest BCUT2D eigenvalue weighted by Crippen LogP contribution is -2.25. The van der Waals surface area contributed by atoms with Gasteiger partial charge in [0.2, 0.25) is 11.8 Å². The highest BCUT2D eigenvalue weighted by atomic mass is 16.5. The van der Waals surface area contributed by atoms with E-state index in [1.54, 1.807) is 6.20 Å². The third kappa shape index (κ3) is 4.61. The molecule has 0 saturated heterocycles. The molecule has 2 heterocycles. The molecule has 3 aromatic rings. The molecule has 27 heavy (non-hydrogen) atoms. The number of carbonyl (C=O) groups excluding carboxylic acids is 1. The van der Waals surface area contributed by atoms with Gasteiger partial charge in [-0.3, -0.25) is 9.78 Å². The summed E-state index contributed by atoms with van der Waals surface area (Å²) in [6, 6.07) is 11.8. The van der Waals surface area contributed by atoms with Crippen molar-refractivity contribution in [1.82, 2.24) is 15.3 Å². The zero-order valence-corrected chi connectivity index (χ0v) is 16.2. The topological polar surface area (TPSA) is 64.1 Å². The molecule has 0 aliphatic rings. The number of nitrogens with one attached hydrogen (secondary N) is 1. The Hall–Kier alpha value is -2.95. The number of amides is 1. The van der Waals surface area contributed by atoms with E-state index in [-0.39, 0.29) is 12.0 Å². The fraction of sp³-hybridized carbons (Fsp3) is 0.318. The van der Waals surface area contributed by atoms with Crippen LogP contribution in [-0.4, -0.2) is 22.0 Å². The molecule has 0 saturated carbocycles. The number of rotatable bonds is 6. The van der Waals surface area contributed by atoms with Crippen LogP contribution in [0.15, 0.2) is 42.6 Å². The molecule has 2 aromatic heterocycles. The molecule has 1 N–H and O–H groups in total. The van der Waals surface area contributed by atoms with Gasteiger partial charge in [-0.1, -0.05) is 24.3 Å². The minimum atomic E-state index is -0.0270. The first-order chi connectivity index (χ1) is 12.9. The van der Waals surface area contributed by atoms with Gasteiger partial charge in [-0.05, 0) is 50.5 Å². The van der Waals surface area contributed by atoms with Gasteiger partial charge in [0.1, 0.15) is 0 Å². The molecule has 0 spiro atoms. The summed E-state index contributed by atoms with van der Waals surface area (Å²) >= 11 is 0. The summed E-state index contributed by atoms with van der Waals surface area (Å²) in [5.74, 6) is 0.564. The summed E-state index contributed by atoms with van der Waals surface area (Å²) < 4.78 is 5.53. The van der Waals surface area contributed by atoms with Crippen LogP contribution in [0.2, 0.25) is 0 Å². The second-order valence-corrected chi connectivity index (χ2v) is 6.94. The Morgan fingerprint density at radius 2 is 1.93 bits per heavy atom. The number of fused-ring (bicyclic) bond motifs is 1. The monoisotopic (exact) mass is 363 g/mol. The van der Waals surface area contributed by atoms with Crippen molar-refractivity contribution in [3.8, 4) is 5.88 Å². The third-order valence-corrected chi connectivity index (χ3v) is 4.47. The number of pyridine rings is 2. The van der Waals surface area contributed by atoms with Crippen LogP contribution < -0.4 is 10.1 Å². The van der Waals surface area contributed by atoms with Gasteiger partial charge < -0.3 is 10.1 Å². The molecule has 0 aliphatic heterocycles. The van der Waals surface area contributed by atoms with Crippen molar-refractivity contribution in [1.29, 1.82) is 0 Å². The average Bonchev–Trinajstić information content (AvgIpc) is 2.64. The third-order valence-electron chi connectivity index (χ3n) is 4.47. The van der Waals surface area contributed by atoms with Crippen molar-refractivity contribution in [2.75, 3.05) is 0 Å². The van der Waals surface area contributed by atoms with Crippen molar-refractivity contribution in [3.05, 3.63) is 65.0 Å². The highest BCUT2D eigenvalue weighted by molar-refractivity contribution is 5.86. The second-order valence-electron chi connectivity index (χ2n) is 6.94. The first-order valence-electron chi connectivity index (χ1n) is 9.17. The molecule has 0 unspecified atom stereocenters. The maximum absolute atomic E-state index is 12.5. The summed E-state index contributed by atoms with van der Waals surface area (Å²) in [5.41, 5.74) is 4.91. The maximum Gasteiger partial charge on any atom is 0.224 e. The Bertz CT molecular complexity index is 950. The Kier molecular flexibility index (Phi) is 5.69. The predicted octanol–water partition coefficient (Wildman–Crippen LogP) is 3.89. The van der Waals surface area contributed by atoms with Crippen LogP contribution in [0.4, 0.5) is 0 Å². The Balaban J connectivity index is 1.65. The lowest BCUT2D eigenvalue weighted by atomic mass is 9.99. The number of aromatic nitrogens is 2. The lowest BCUT2D eigenvalue weighted by Gasteiger charge is -2.13. The zero-order chi connectivity index (χ0) is 19.4. The average molecular weight is 363 g/mol. The SMILES string of the molecule is Cc1nc2ccccc2c(C)c1CC(=O)NCc1ccc(OC(C)C)nc1. The molecule has 0 fully saturated rings. The van der Waals surface area contributed by atoms with Crippen LogP contribution in [-0.2, 0) is 17.8 Å². The molecule has 3 rings (SSSR count). The molecule has 0 bridgehead atoms. The molecule has 1 amide bonds. The number of para-hydroxylation sites is 1. The quantitative estimate of drug-likeness (QED) is 0.721. The Labute approximate surface area is 159 Å². The van der Waals surface area contributed by atoms with Gasteiger partial charge in [0, 0.05) is 29.9 Å². The van der Waals surface area contributed by atoms with Crippen molar-refractivity contribution in [2.24, 2.45) is 0 Å². The largest absolute Gasteiger partial charge is 0.475 e. The number of aryl methyl sites for hydroxylation is 2. The van der Waals surface area contributed by atoms with E-state index in [2.05, 4.69) is 22.2 Å². The molecular formula is C22H25N3O2. The predicted molar refractivity (Wildman–Crippen MR) is 107 cm³/mol. The molecule has 5 nitrogen and oxygen atoms in total. The standard InChI is InChI=1S/C22H25N3O2/c1-14(2)27-22-10-9-17(13-24-22)12-23-21(26)11-19-15(3)18-7-5-6-8-20(18)25-16(19)4/h5-10,13-14H,11-12H2,1-4H3,(H,23,26). The highest BCUT2D eigenvalue weighted by Crippen LogP contribution is 2.22. The first kappa shape index (κ1) is 18.8. The van der Waals surface area contributed by atoms with Crippen LogP contribution >= 0.6 is 0 Å². The second kappa shape index (κ2) is 8.16. The molecule has 5 heteroatoms. The van der Waals surface area contributed by atoms with E-state index in [1.807, 2.05) is 57.2 Å². The number of hydrogen-bond acceptors (Lipinski definition) is 4. The van der Waals surface area contributed by atoms with Crippen LogP contribution in [0.25, 0.3) is 10.9 Å². The number of ether oxygens (including phenoxy) is 1. The minimum Gasteiger partial charge on any atom is -0.475 e. The number of benzene rings is 1. The van der Waals surface area contributed by atoms with Gasteiger partial charge in [-0.2, -0.15) is 0 Å². The van der Waals surface area contributed by atoms with Crippen LogP contribution in [0.3, 0.4) is 0 Å². The summed E-state index contributed by atoms with van der Waals surface area (Å²) in [6.45, 7) is 8.37. The van der Waals surface area contributed by atoms with Crippen LogP contribution in [0.1, 0.15) is 36.2 Å². The van der Waals surface area contributed by atoms with E-state index in [9.17, 15) is 4.79 Å². The fourth-order valence-electron chi connectivity index (χ4n) is 3.08. The van der Waals surface area contributed by atoms with Crippen LogP contribution in [0, 0.1) is 13.8 Å². The maximum atomic E-state index is 12.5. The van der Waals surface area contributed by atoms with Gasteiger partial charge in [-0.25, -0.2) is 4.98 Å². The Morgan fingerprint density at radius 3 is 2.63 bits per heavy atom. The van der Waals surface area contributed by atoms with Crippen molar-refractivity contribution in [2.45, 2.75) is 46.8 Å². The normalized spacial score (nSPS) is 11.0. The van der Waals surface area contributed by atoms with E-state index in [1.165, 1.54) is 0 Å². The zero-order valence-electron chi connectivity index (χ0n) is 16.2. The minimum absolute atomic E-state index is 0.0270. The lowest BCUT2D eigenvalue weighted by molar-refractivity contribution is -0.120. The summed E-state index contributed by atoms with van der Waals surface area (Å²) in [4.78, 5) is 21.4. The van der Waals surface area contributed by atoms with Crippen molar-refractivity contribution < 1.29 is 9.53 Å². The van der Waals surface area contributed by atoms with Gasteiger partial charge >= 0.3 is 0 Å². The highest BCUT2D eigenvalue weighted by Gasteiger charge is 2.13. The van der Waals surface area contributed by atoms with Gasteiger partial charge in [-0.15, -0.1) is 0 Å². The first-order valence-corrected chi connectivity index (χ1v) is 9.17. The molecule has 0 radical (unpaired) electrons. The number of carbonyl (C=O) groups is 1. The van der Waals surface area contributed by atoms with E-state index >= 15 is 0 Å². The number of nitrogens with zero attached hydrogens (tertiary/aromatic N) is 2. The van der Waals surface area contributed by atoms with E-state index in [0.29, 0.717) is 18.8 Å². The number of hydrogen-bond donors (Lipinski definition) is 1. The molecule has 0 aliphatic carbocycles. The van der Waals surface area contributed by atoms with Crippen LogP contribution in [0.5, 0.6) is 5.88 Å². The summed E-state index contributed by atoms with van der Waals surface area (Å²) in [6.07, 6.45) is 2.13. The van der Waals surface area contributed by atoms with E-state index in [0.717, 1.165) is 33.3 Å². The molecule has 0 atom stereocenters. The van der Waals surface area contributed by atoms with Crippen molar-refractivity contribution in [3.63, 3.8) is 0 Å². The van der Waals surface area contributed by atoms with Gasteiger partial charge in [0.15, 0.2) is 0 Å². The molecule has 140 valence electrons. The van der Waals surface area contributed by atoms with E-state index < -0.39 is 0 Å². The van der Waals surface area contributed by atoms with Gasteiger partial charge in [0.05, 0.1) is 18.0 Å². The molecule has 1 aromatic carbocycles. The van der Waals surface area contributed by atoms with Crippen molar-refractivity contribution >= 4 is 16.8 Å². The molecular weight excluding hydrogens is 338 g/mol. The smallest absolute Gasteiger partial charge is 0.224 e. The fourth-order valence-corrected chi connectivity index (χ4v) is 3.08. The summed E-state index contributed by atoms with van der Waals surface area (Å²) in [5, 5.41) is 4.06.